The summed E-state index contributed by atoms with van der Waals surface area (Å²) in [6, 6.07) is 0. The summed E-state index contributed by atoms with van der Waals surface area (Å²) in [5.41, 5.74) is 0. The average Bonchev–Trinajstić information content (AvgIpc) is 1.65. The van der Waals surface area contributed by atoms with Gasteiger partial charge in [0.2, 0.25) is 12.1 Å². The zero-order valence-electron chi connectivity index (χ0n) is 63.7. The lowest BCUT2D eigenvalue weighted by Crippen LogP contribution is -2.64. The first-order valence-corrected chi connectivity index (χ1v) is 41.4. The number of allylic oxidation sites excluding steroid dienone is 8. The van der Waals surface area contributed by atoms with E-state index in [1.54, 1.807) is 0 Å². The maximum absolute atomic E-state index is 13.7. The van der Waals surface area contributed by atoms with Gasteiger partial charge in [-0.3, -0.25) is 19.2 Å². The molecular formula is C84H150O15. The molecule has 0 saturated carbocycles. The van der Waals surface area contributed by atoms with E-state index in [1.165, 1.54) is 154 Å². The van der Waals surface area contributed by atoms with Gasteiger partial charge in [-0.05, 0) is 128 Å². The molecule has 9 atom stereocenters. The van der Waals surface area contributed by atoms with Gasteiger partial charge in [0.05, 0.1) is 0 Å². The molecule has 2 heterocycles. The van der Waals surface area contributed by atoms with Gasteiger partial charge in [0.15, 0.2) is 6.10 Å². The number of hydrogen-bond donors (Lipinski definition) is 4. The Kier molecular flexibility index (Phi) is 60.5. The zero-order chi connectivity index (χ0) is 71.8. The lowest BCUT2D eigenvalue weighted by molar-refractivity contribution is -0.384. The lowest BCUT2D eigenvalue weighted by atomic mass is 9.98. The second-order valence-electron chi connectivity index (χ2n) is 28.9. The number of aliphatic hydroxyl groups excluding tert-OH is 4. The van der Waals surface area contributed by atoms with Crippen LogP contribution in [0.15, 0.2) is 48.6 Å². The topological polar surface area (TPSA) is 214 Å². The van der Waals surface area contributed by atoms with Crippen LogP contribution in [-0.2, 0) is 52.3 Å². The van der Waals surface area contributed by atoms with Crippen LogP contribution >= 0.6 is 0 Å². The van der Waals surface area contributed by atoms with Crippen molar-refractivity contribution in [2.75, 3.05) is 19.8 Å². The monoisotopic (exact) mass is 1400 g/mol. The molecular weight excluding hydrogens is 1250 g/mol. The Labute approximate surface area is 604 Å². The van der Waals surface area contributed by atoms with Crippen LogP contribution in [-0.4, -0.2) is 119 Å². The first-order chi connectivity index (χ1) is 48.4. The van der Waals surface area contributed by atoms with Crippen LogP contribution in [0.25, 0.3) is 0 Å². The smallest absolute Gasteiger partial charge is 0.306 e. The molecule has 2 saturated heterocycles. The fraction of sp³-hybridized carbons (Fsp3) is 0.857. The van der Waals surface area contributed by atoms with Crippen molar-refractivity contribution in [1.82, 2.24) is 0 Å². The largest absolute Gasteiger partial charge is 0.463 e. The summed E-state index contributed by atoms with van der Waals surface area (Å²) in [5, 5.41) is 47.2. The Morgan fingerprint density at radius 3 is 0.919 bits per heavy atom. The fourth-order valence-electron chi connectivity index (χ4n) is 13.0. The van der Waals surface area contributed by atoms with Crippen molar-refractivity contribution in [3.8, 4) is 0 Å². The zero-order valence-corrected chi connectivity index (χ0v) is 63.7. The number of aliphatic hydroxyl groups is 4. The Morgan fingerprint density at radius 1 is 0.323 bits per heavy atom. The normalized spacial score (nSPS) is 21.1. The standard InChI is InChI=1S/C84H150O15/c1-5-9-13-17-21-25-29-33-37-41-45-49-53-57-61-65-74(85)93-69-72-78(89)80(91)81(97-77(88)68-64-60-56-52-48-44-40-36-32-28-24-20-16-12-8-4)83(96-72)99-84(71-95-76(87)67-63-59-55-51-47-43-39-35-31-27-23-19-15-11-7-3)82(92)79(90)73(98-84)70-94-75(86)66-62-58-54-50-46-42-38-34-30-26-22-18-14-10-6-2/h33-40,72-73,78-83,89-92H,5-32,41-71H2,1-4H3/t72-,73?,78+,79-,80+,81-,82+,83-,84+/m1/s1. The van der Waals surface area contributed by atoms with Gasteiger partial charge in [0, 0.05) is 25.7 Å². The van der Waals surface area contributed by atoms with Crippen LogP contribution in [0.4, 0.5) is 0 Å². The SMILES string of the molecule is CCCCCCCCC=CCCCCCCCC(=O)OCC1O[C@@](COC(=O)CCCCCCCC=CCCCCCCCC)(O[C@H]2O[C@H](COC(=O)CCCCCCCC=CCCCCCCCC)[C@H](O)[C@H](O)[C@H]2OC(=O)CCCCCCCC=CCCCCCCCC)[C@@H](O)[C@@H]1O. The summed E-state index contributed by atoms with van der Waals surface area (Å²) in [4.78, 5) is 53.6. The highest BCUT2D eigenvalue weighted by Crippen LogP contribution is 2.38. The van der Waals surface area contributed by atoms with E-state index in [-0.39, 0.29) is 25.7 Å². The molecule has 1 unspecified atom stereocenters. The van der Waals surface area contributed by atoms with Gasteiger partial charge in [-0.1, -0.05) is 282 Å². The summed E-state index contributed by atoms with van der Waals surface area (Å²) in [7, 11) is 0. The number of ether oxygens (including phenoxy) is 7. The van der Waals surface area contributed by atoms with Gasteiger partial charge in [-0.25, -0.2) is 0 Å². The predicted octanol–water partition coefficient (Wildman–Crippen LogP) is 21.0. The van der Waals surface area contributed by atoms with E-state index >= 15 is 0 Å². The Hall–Kier alpha value is -3.44. The minimum absolute atomic E-state index is 0.0109. The second kappa shape index (κ2) is 65.3. The molecule has 4 N–H and O–H groups in total. The number of carbonyl (C=O) groups is 4. The molecule has 15 nitrogen and oxygen atoms in total. The van der Waals surface area contributed by atoms with E-state index in [0.29, 0.717) is 25.7 Å². The van der Waals surface area contributed by atoms with Crippen molar-refractivity contribution < 1.29 is 72.8 Å². The minimum Gasteiger partial charge on any atom is -0.463 e. The third-order valence-corrected chi connectivity index (χ3v) is 19.6. The Balaban J connectivity index is 2.17. The van der Waals surface area contributed by atoms with Crippen molar-refractivity contribution in [2.45, 2.75) is 442 Å². The van der Waals surface area contributed by atoms with Crippen LogP contribution in [0.3, 0.4) is 0 Å². The molecule has 15 heteroatoms. The Bertz CT molecular complexity index is 2020. The number of hydrogen-bond acceptors (Lipinski definition) is 15. The van der Waals surface area contributed by atoms with Crippen LogP contribution in [0, 0.1) is 0 Å². The van der Waals surface area contributed by atoms with E-state index in [9.17, 15) is 39.6 Å². The second-order valence-corrected chi connectivity index (χ2v) is 28.9. The summed E-state index contributed by atoms with van der Waals surface area (Å²) < 4.78 is 42.1. The predicted molar refractivity (Wildman–Crippen MR) is 402 cm³/mol. The molecule has 0 aliphatic carbocycles. The van der Waals surface area contributed by atoms with Gasteiger partial charge in [0.1, 0.15) is 56.4 Å². The molecule has 0 radical (unpaired) electrons. The average molecular weight is 1400 g/mol. The summed E-state index contributed by atoms with van der Waals surface area (Å²) >= 11 is 0. The maximum atomic E-state index is 13.7. The highest BCUT2D eigenvalue weighted by molar-refractivity contribution is 5.70. The highest BCUT2D eigenvalue weighted by atomic mass is 16.8. The molecule has 0 aromatic carbocycles. The van der Waals surface area contributed by atoms with E-state index in [4.69, 9.17) is 33.2 Å². The number of unbranched alkanes of at least 4 members (excludes halogenated alkanes) is 44. The van der Waals surface area contributed by atoms with Gasteiger partial charge in [-0.2, -0.15) is 0 Å². The van der Waals surface area contributed by atoms with Crippen molar-refractivity contribution in [3.05, 3.63) is 48.6 Å². The van der Waals surface area contributed by atoms with Crippen LogP contribution in [0.1, 0.15) is 387 Å². The van der Waals surface area contributed by atoms with Crippen molar-refractivity contribution in [2.24, 2.45) is 0 Å². The number of esters is 4. The minimum atomic E-state index is -2.43. The maximum Gasteiger partial charge on any atom is 0.306 e. The molecule has 2 aliphatic rings. The van der Waals surface area contributed by atoms with Gasteiger partial charge in [-0.15, -0.1) is 0 Å². The van der Waals surface area contributed by atoms with Crippen molar-refractivity contribution >= 4 is 23.9 Å². The molecule has 0 spiro atoms. The first-order valence-electron chi connectivity index (χ1n) is 41.4. The molecule has 0 aromatic heterocycles. The fourth-order valence-corrected chi connectivity index (χ4v) is 13.0. The first kappa shape index (κ1) is 91.6. The van der Waals surface area contributed by atoms with Crippen molar-refractivity contribution in [1.29, 1.82) is 0 Å². The van der Waals surface area contributed by atoms with E-state index < -0.39 is 98.5 Å². The van der Waals surface area contributed by atoms with Crippen LogP contribution in [0.2, 0.25) is 0 Å². The molecule has 0 amide bonds. The molecule has 2 aliphatic heterocycles. The number of rotatable bonds is 69. The summed E-state index contributed by atoms with van der Waals surface area (Å²) in [5.74, 6) is -4.77. The molecule has 576 valence electrons. The van der Waals surface area contributed by atoms with E-state index in [0.717, 1.165) is 154 Å². The van der Waals surface area contributed by atoms with Gasteiger partial charge < -0.3 is 53.6 Å². The highest BCUT2D eigenvalue weighted by Gasteiger charge is 2.60. The summed E-state index contributed by atoms with van der Waals surface area (Å²) in [6.07, 6.45) is 62.3. The lowest BCUT2D eigenvalue weighted by Gasteiger charge is -2.44. The summed E-state index contributed by atoms with van der Waals surface area (Å²) in [6.45, 7) is 7.19. The van der Waals surface area contributed by atoms with E-state index in [1.807, 2.05) is 0 Å². The van der Waals surface area contributed by atoms with Crippen LogP contribution < -0.4 is 0 Å². The molecule has 99 heavy (non-hydrogen) atoms. The quantitative estimate of drug-likeness (QED) is 0.0193. The van der Waals surface area contributed by atoms with Crippen LogP contribution in [0.5, 0.6) is 0 Å². The molecule has 0 aromatic rings. The van der Waals surface area contributed by atoms with E-state index in [2.05, 4.69) is 76.3 Å². The van der Waals surface area contributed by atoms with Crippen molar-refractivity contribution in [3.63, 3.8) is 0 Å². The molecule has 2 rings (SSSR count). The number of carbonyl (C=O) groups excluding carboxylic acids is 4. The third-order valence-electron chi connectivity index (χ3n) is 19.6. The molecule has 0 bridgehead atoms. The van der Waals surface area contributed by atoms with Gasteiger partial charge in [0.25, 0.3) is 0 Å². The van der Waals surface area contributed by atoms with Gasteiger partial charge >= 0.3 is 23.9 Å². The molecule has 2 fully saturated rings. The third kappa shape index (κ3) is 49.0. The Morgan fingerprint density at radius 2 is 0.596 bits per heavy atom.